The largest absolute Gasteiger partial charge is 0.396 e. The molecule has 4 rings (SSSR count). The van der Waals surface area contributed by atoms with Crippen molar-refractivity contribution in [1.82, 2.24) is 9.13 Å². The lowest BCUT2D eigenvalue weighted by Crippen LogP contribution is -2.44. The molecule has 0 atom stereocenters. The number of hydrogen-bond acceptors (Lipinski definition) is 4. The average Bonchev–Trinajstić information content (AvgIpc) is 2.79. The van der Waals surface area contributed by atoms with Crippen LogP contribution in [-0.4, -0.2) is 20.8 Å². The Balaban J connectivity index is 1.94. The summed E-state index contributed by atoms with van der Waals surface area (Å²) in [4.78, 5) is 28.0. The summed E-state index contributed by atoms with van der Waals surface area (Å²) in [5, 5.41) is 9.85. The van der Waals surface area contributed by atoms with Gasteiger partial charge < -0.3 is 10.0 Å². The summed E-state index contributed by atoms with van der Waals surface area (Å²) in [5.41, 5.74) is 5.22. The lowest BCUT2D eigenvalue weighted by molar-refractivity contribution is -0.288. The Labute approximate surface area is 188 Å². The van der Waals surface area contributed by atoms with Crippen molar-refractivity contribution in [3.63, 3.8) is 0 Å². The second kappa shape index (κ2) is 9.01. The number of aliphatic hydroxyl groups excluding tert-OH is 1. The molecule has 8 heteroatoms. The van der Waals surface area contributed by atoms with Crippen molar-refractivity contribution in [1.29, 1.82) is 0 Å². The van der Waals surface area contributed by atoms with Crippen LogP contribution in [0.2, 0.25) is 5.02 Å². The molecule has 6 nitrogen and oxygen atoms in total. The highest BCUT2D eigenvalue weighted by atomic mass is 35.5. The maximum absolute atomic E-state index is 13.5. The summed E-state index contributed by atoms with van der Waals surface area (Å²) >= 11 is 5.32. The van der Waals surface area contributed by atoms with Crippen LogP contribution in [-0.2, 0) is 20.1 Å². The van der Waals surface area contributed by atoms with Crippen molar-refractivity contribution in [2.24, 2.45) is 7.05 Å². The third-order valence-electron chi connectivity index (χ3n) is 5.36. The minimum Gasteiger partial charge on any atom is -0.396 e. The molecule has 0 radical (unpaired) electrons. The quantitative estimate of drug-likeness (QED) is 0.581. The number of nitrogens with zero attached hydrogens (tertiary/aromatic N) is 3. The zero-order chi connectivity index (χ0) is 22.8. The highest BCUT2D eigenvalue weighted by molar-refractivity contribution is 5.87. The Morgan fingerprint density at radius 1 is 1.12 bits per heavy atom. The molecule has 0 amide bonds. The summed E-state index contributed by atoms with van der Waals surface area (Å²) in [5.74, 6) is -0.351. The van der Waals surface area contributed by atoms with E-state index in [0.717, 1.165) is 15.7 Å². The highest BCUT2D eigenvalue weighted by Gasteiger charge is 2.27. The SMILES string of the molecule is Cn1c2c(c(=O)n(CCCO)c1=O)N(Cc1ccc(F)cc1)C(c1cccc([ClH+])c1)=C=C2. The number of aromatic nitrogens is 2. The van der Waals surface area contributed by atoms with Crippen LogP contribution in [0.3, 0.4) is 0 Å². The third-order valence-corrected chi connectivity index (χ3v) is 5.61. The smallest absolute Gasteiger partial charge is 0.331 e. The van der Waals surface area contributed by atoms with Crippen LogP contribution in [0.4, 0.5) is 10.1 Å². The van der Waals surface area contributed by atoms with Gasteiger partial charge in [0, 0.05) is 50.5 Å². The number of halogens is 2. The fraction of sp³-hybridized carbons (Fsp3) is 0.208. The Bertz CT molecular complexity index is 1350. The maximum atomic E-state index is 13.5. The van der Waals surface area contributed by atoms with Crippen LogP contribution in [0.5, 0.6) is 0 Å². The van der Waals surface area contributed by atoms with Crippen molar-refractivity contribution in [3.05, 3.63) is 103 Å². The molecule has 0 fully saturated rings. The fourth-order valence-corrected chi connectivity index (χ4v) is 3.96. The number of aliphatic hydroxyl groups is 1. The molecule has 2 heterocycles. The van der Waals surface area contributed by atoms with Crippen LogP contribution in [0.15, 0.2) is 63.9 Å². The molecule has 0 bridgehead atoms. The molecule has 1 aromatic heterocycles. The van der Waals surface area contributed by atoms with E-state index in [1.165, 1.54) is 16.7 Å². The van der Waals surface area contributed by atoms with Gasteiger partial charge in [-0.2, -0.15) is 0 Å². The zero-order valence-electron chi connectivity index (χ0n) is 17.4. The number of anilines is 1. The molecule has 1 N–H and O–H groups in total. The van der Waals surface area contributed by atoms with Crippen molar-refractivity contribution in [2.75, 3.05) is 11.5 Å². The van der Waals surface area contributed by atoms with Crippen LogP contribution >= 0.6 is 0 Å². The maximum Gasteiger partial charge on any atom is 0.331 e. The van der Waals surface area contributed by atoms with Gasteiger partial charge in [-0.1, -0.05) is 30.0 Å². The van der Waals surface area contributed by atoms with Crippen molar-refractivity contribution in [3.8, 4) is 0 Å². The van der Waals surface area contributed by atoms with Gasteiger partial charge in [0.1, 0.15) is 11.5 Å². The van der Waals surface area contributed by atoms with Crippen LogP contribution < -0.4 is 16.1 Å². The summed E-state index contributed by atoms with van der Waals surface area (Å²) in [6, 6.07) is 13.4. The molecular weight excluding hydrogens is 433 g/mol. The molecule has 32 heavy (non-hydrogen) atoms. The van der Waals surface area contributed by atoms with Crippen LogP contribution in [0.25, 0.3) is 11.8 Å². The zero-order valence-corrected chi connectivity index (χ0v) is 18.2. The standard InChI is InChI=1S/C24H22ClFN3O3/c1-27-21-11-10-20(17-4-2-5-18(25)14-17)29(15-16-6-8-19(26)9-7-16)22(21)23(31)28(24(27)32)12-3-13-30/h2,4-9,11,14,25,30H,3,12-13,15H2,1H3/q+1. The number of rotatable bonds is 6. The molecule has 0 saturated heterocycles. The first-order valence-corrected chi connectivity index (χ1v) is 10.5. The van der Waals surface area contributed by atoms with Gasteiger partial charge in [-0.05, 0) is 24.1 Å². The molecule has 3 aromatic rings. The average molecular weight is 455 g/mol. The normalized spacial score (nSPS) is 12.6. The highest BCUT2D eigenvalue weighted by Crippen LogP contribution is 2.32. The van der Waals surface area contributed by atoms with E-state index in [4.69, 9.17) is 11.6 Å². The van der Waals surface area contributed by atoms with Gasteiger partial charge in [0.15, 0.2) is 11.6 Å². The van der Waals surface area contributed by atoms with Crippen molar-refractivity contribution >= 4 is 17.5 Å². The lowest BCUT2D eigenvalue weighted by Gasteiger charge is -2.30. The Kier molecular flexibility index (Phi) is 6.15. The van der Waals surface area contributed by atoms with E-state index in [2.05, 4.69) is 5.73 Å². The van der Waals surface area contributed by atoms with E-state index in [1.54, 1.807) is 36.2 Å². The number of hydrogen-bond donors (Lipinski definition) is 1. The van der Waals surface area contributed by atoms with E-state index >= 15 is 0 Å². The summed E-state index contributed by atoms with van der Waals surface area (Å²) in [6.45, 7) is 0.227. The molecular formula is C24H22ClFN3O3+. The van der Waals surface area contributed by atoms with Crippen molar-refractivity contribution < 1.29 is 21.1 Å². The number of fused-ring (bicyclic) bond motifs is 1. The molecule has 0 saturated carbocycles. The summed E-state index contributed by atoms with van der Waals surface area (Å²) < 4.78 is 16.0. The van der Waals surface area contributed by atoms with Crippen molar-refractivity contribution in [2.45, 2.75) is 19.5 Å². The van der Waals surface area contributed by atoms with E-state index in [-0.39, 0.29) is 31.9 Å². The van der Waals surface area contributed by atoms with E-state index in [1.807, 2.05) is 18.2 Å². The summed E-state index contributed by atoms with van der Waals surface area (Å²) in [7, 11) is 1.60. The minimum atomic E-state index is -0.460. The van der Waals surface area contributed by atoms with Gasteiger partial charge in [0.25, 0.3) is 5.56 Å². The van der Waals surface area contributed by atoms with Crippen LogP contribution in [0, 0.1) is 17.4 Å². The molecule has 164 valence electrons. The third kappa shape index (κ3) is 4.06. The molecule has 2 aromatic carbocycles. The monoisotopic (exact) mass is 454 g/mol. The lowest BCUT2D eigenvalue weighted by atomic mass is 10.1. The molecule has 1 aliphatic heterocycles. The minimum absolute atomic E-state index is 0.101. The second-order valence-corrected chi connectivity index (χ2v) is 7.96. The Hall–Kier alpha value is -3.38. The van der Waals surface area contributed by atoms with Gasteiger partial charge in [-0.15, -0.1) is 0 Å². The first-order valence-electron chi connectivity index (χ1n) is 10.1. The van der Waals surface area contributed by atoms with Crippen LogP contribution in [0.1, 0.15) is 23.2 Å². The Morgan fingerprint density at radius 3 is 2.56 bits per heavy atom. The fourth-order valence-electron chi connectivity index (χ4n) is 3.75. The van der Waals surface area contributed by atoms with E-state index in [9.17, 15) is 19.1 Å². The molecule has 0 spiro atoms. The predicted molar refractivity (Wildman–Crippen MR) is 119 cm³/mol. The summed E-state index contributed by atoms with van der Waals surface area (Å²) in [6.07, 6.45) is 1.91. The van der Waals surface area contributed by atoms with E-state index in [0.29, 0.717) is 22.1 Å². The predicted octanol–water partition coefficient (Wildman–Crippen LogP) is 2.44. The Morgan fingerprint density at radius 2 is 1.88 bits per heavy atom. The van der Waals surface area contributed by atoms with Gasteiger partial charge in [0.2, 0.25) is 5.02 Å². The number of benzene rings is 2. The topological polar surface area (TPSA) is 67.5 Å². The van der Waals surface area contributed by atoms with Gasteiger partial charge in [-0.3, -0.25) is 13.9 Å². The van der Waals surface area contributed by atoms with E-state index < -0.39 is 11.2 Å². The molecule has 0 aliphatic carbocycles. The van der Waals surface area contributed by atoms with Gasteiger partial charge in [-0.25, -0.2) is 9.18 Å². The van der Waals surface area contributed by atoms with Gasteiger partial charge >= 0.3 is 5.69 Å². The molecule has 1 aliphatic rings. The first kappa shape index (κ1) is 21.8. The van der Waals surface area contributed by atoms with Gasteiger partial charge in [0.05, 0.1) is 11.4 Å². The second-order valence-electron chi connectivity index (χ2n) is 7.49. The first-order chi connectivity index (χ1) is 15.4. The molecule has 0 unspecified atom stereocenters.